The molecular formula is C28H29Cl2N3O6S. The zero-order valence-corrected chi connectivity index (χ0v) is 23.8. The van der Waals surface area contributed by atoms with Crippen molar-refractivity contribution in [1.29, 1.82) is 0 Å². The zero-order chi connectivity index (χ0) is 28.6. The van der Waals surface area contributed by atoms with E-state index in [9.17, 15) is 13.2 Å². The molecule has 3 N–H and O–H groups in total. The van der Waals surface area contributed by atoms with E-state index in [0.29, 0.717) is 39.9 Å². The molecule has 0 saturated carbocycles. The van der Waals surface area contributed by atoms with E-state index >= 15 is 0 Å². The van der Waals surface area contributed by atoms with Crippen LogP contribution in [0.2, 0.25) is 10.0 Å². The summed E-state index contributed by atoms with van der Waals surface area (Å²) in [6.07, 6.45) is 0.407. The van der Waals surface area contributed by atoms with Crippen molar-refractivity contribution in [2.75, 3.05) is 25.6 Å². The van der Waals surface area contributed by atoms with Crippen LogP contribution in [-0.4, -0.2) is 56.4 Å². The fraction of sp³-hybridized carbons (Fsp3) is 0.286. The predicted molar refractivity (Wildman–Crippen MR) is 153 cm³/mol. The molecule has 1 amide bonds. The summed E-state index contributed by atoms with van der Waals surface area (Å²) < 4.78 is 37.4. The molecule has 12 heteroatoms. The number of benzene rings is 3. The summed E-state index contributed by atoms with van der Waals surface area (Å²) >= 11 is 12.2. The van der Waals surface area contributed by atoms with Crippen LogP contribution in [0.15, 0.2) is 82.7 Å². The minimum atomic E-state index is -3.68. The zero-order valence-electron chi connectivity index (χ0n) is 21.5. The minimum absolute atomic E-state index is 0.0362. The summed E-state index contributed by atoms with van der Waals surface area (Å²) in [6.45, 7) is 0.473. The topological polar surface area (TPSA) is 126 Å². The second kappa shape index (κ2) is 13.5. The van der Waals surface area contributed by atoms with E-state index in [-0.39, 0.29) is 42.7 Å². The van der Waals surface area contributed by atoms with Crippen molar-refractivity contribution >= 4 is 44.8 Å². The van der Waals surface area contributed by atoms with Crippen LogP contribution in [0.3, 0.4) is 0 Å². The Hall–Kier alpha value is -3.15. The number of carbonyl (C=O) groups is 1. The van der Waals surface area contributed by atoms with Gasteiger partial charge in [-0.15, -0.1) is 0 Å². The quantitative estimate of drug-likeness (QED) is 0.199. The predicted octanol–water partition coefficient (Wildman–Crippen LogP) is 3.96. The summed E-state index contributed by atoms with van der Waals surface area (Å²) in [5.74, 6) is -0.0286. The first-order chi connectivity index (χ1) is 19.2. The van der Waals surface area contributed by atoms with Gasteiger partial charge in [0.2, 0.25) is 5.90 Å². The van der Waals surface area contributed by atoms with Crippen molar-refractivity contribution in [3.8, 4) is 5.75 Å². The molecule has 0 radical (unpaired) electrons. The lowest BCUT2D eigenvalue weighted by atomic mass is 9.98. The maximum absolute atomic E-state index is 13.5. The van der Waals surface area contributed by atoms with E-state index in [1.165, 1.54) is 12.1 Å². The first kappa shape index (κ1) is 29.8. The number of hydrazine groups is 1. The molecule has 3 aromatic rings. The van der Waals surface area contributed by atoms with Gasteiger partial charge in [-0.2, -0.15) is 0 Å². The minimum Gasteiger partial charge on any atom is -0.494 e. The molecule has 40 heavy (non-hydrogen) atoms. The second-order valence-corrected chi connectivity index (χ2v) is 12.1. The smallest absolute Gasteiger partial charge is 0.265 e. The summed E-state index contributed by atoms with van der Waals surface area (Å²) in [5, 5.41) is 9.85. The van der Waals surface area contributed by atoms with Crippen molar-refractivity contribution < 1.29 is 27.8 Å². The molecule has 0 saturated heterocycles. The van der Waals surface area contributed by atoms with Gasteiger partial charge in [0.15, 0.2) is 15.4 Å². The van der Waals surface area contributed by atoms with Crippen molar-refractivity contribution in [2.45, 2.75) is 29.8 Å². The maximum Gasteiger partial charge on any atom is 0.265 e. The first-order valence-electron chi connectivity index (χ1n) is 12.5. The van der Waals surface area contributed by atoms with Gasteiger partial charge in [-0.3, -0.25) is 10.2 Å². The average Bonchev–Trinajstić information content (AvgIpc) is 3.40. The van der Waals surface area contributed by atoms with E-state index in [4.69, 9.17) is 37.8 Å². The molecule has 1 heterocycles. The highest BCUT2D eigenvalue weighted by Crippen LogP contribution is 2.29. The molecule has 0 spiro atoms. The van der Waals surface area contributed by atoms with Gasteiger partial charge in [-0.05, 0) is 60.5 Å². The first-order valence-corrected chi connectivity index (χ1v) is 14.9. The summed E-state index contributed by atoms with van der Waals surface area (Å²) in [7, 11) is -3.68. The molecule has 1 aliphatic rings. The van der Waals surface area contributed by atoms with Gasteiger partial charge in [0.1, 0.15) is 12.4 Å². The Balaban J connectivity index is 1.52. The van der Waals surface area contributed by atoms with Crippen LogP contribution < -0.4 is 15.6 Å². The molecule has 0 bridgehead atoms. The number of hydrogen-bond acceptors (Lipinski definition) is 8. The van der Waals surface area contributed by atoms with E-state index in [0.717, 1.165) is 0 Å². The summed E-state index contributed by atoms with van der Waals surface area (Å²) in [4.78, 5) is 18.3. The number of nitrogens with one attached hydrogen (secondary N) is 2. The van der Waals surface area contributed by atoms with Crippen LogP contribution in [0, 0.1) is 0 Å². The fourth-order valence-electron chi connectivity index (χ4n) is 3.95. The van der Waals surface area contributed by atoms with E-state index in [1.807, 2.05) is 0 Å². The summed E-state index contributed by atoms with van der Waals surface area (Å²) in [6, 6.07) is 20.0. The Morgan fingerprint density at radius 3 is 2.52 bits per heavy atom. The van der Waals surface area contributed by atoms with E-state index in [1.54, 1.807) is 60.7 Å². The van der Waals surface area contributed by atoms with Crippen LogP contribution >= 0.6 is 23.2 Å². The van der Waals surface area contributed by atoms with Crippen molar-refractivity contribution in [2.24, 2.45) is 4.99 Å². The third kappa shape index (κ3) is 7.52. The number of ether oxygens (including phenoxy) is 2. The van der Waals surface area contributed by atoms with E-state index in [2.05, 4.69) is 15.8 Å². The van der Waals surface area contributed by atoms with Gasteiger partial charge in [0.05, 0.1) is 17.3 Å². The fourth-order valence-corrected chi connectivity index (χ4v) is 5.84. The monoisotopic (exact) mass is 605 g/mol. The van der Waals surface area contributed by atoms with Crippen molar-refractivity contribution in [1.82, 2.24) is 10.9 Å². The van der Waals surface area contributed by atoms with Crippen LogP contribution in [0.25, 0.3) is 0 Å². The van der Waals surface area contributed by atoms with Crippen molar-refractivity contribution in [3.63, 3.8) is 0 Å². The number of sulfone groups is 1. The molecule has 9 nitrogen and oxygen atoms in total. The highest BCUT2D eigenvalue weighted by Gasteiger charge is 2.45. The number of nitrogens with zero attached hydrogens (tertiary/aromatic N) is 1. The molecule has 0 unspecified atom stereocenters. The Morgan fingerprint density at radius 2 is 1.82 bits per heavy atom. The van der Waals surface area contributed by atoms with Crippen LogP contribution in [-0.2, 0) is 25.9 Å². The molecule has 0 aromatic heterocycles. The molecule has 4 rings (SSSR count). The normalized spacial score (nSPS) is 16.7. The van der Waals surface area contributed by atoms with Crippen LogP contribution in [0.1, 0.15) is 24.0 Å². The molecule has 0 fully saturated rings. The highest BCUT2D eigenvalue weighted by molar-refractivity contribution is 7.91. The van der Waals surface area contributed by atoms with Crippen LogP contribution in [0.5, 0.6) is 5.75 Å². The highest BCUT2D eigenvalue weighted by atomic mass is 35.5. The van der Waals surface area contributed by atoms with Gasteiger partial charge < -0.3 is 14.6 Å². The number of rotatable bonds is 13. The number of aliphatic hydroxyl groups excluding tert-OH is 1. The number of halogens is 2. The second-order valence-electron chi connectivity index (χ2n) is 9.11. The molecule has 1 atom stereocenters. The molecule has 212 valence electrons. The third-order valence-corrected chi connectivity index (χ3v) is 8.56. The number of aliphatic imine (C=N–C) groups is 1. The third-order valence-electron chi connectivity index (χ3n) is 6.24. The summed E-state index contributed by atoms with van der Waals surface area (Å²) in [5.41, 5.74) is 5.30. The van der Waals surface area contributed by atoms with E-state index < -0.39 is 21.3 Å². The Labute approximate surface area is 243 Å². The number of amides is 1. The van der Waals surface area contributed by atoms with Gasteiger partial charge >= 0.3 is 0 Å². The average molecular weight is 607 g/mol. The number of hydrogen-bond donors (Lipinski definition) is 3. The Bertz CT molecular complexity index is 1450. The standard InChI is InChI=1S/C28H29Cl2N3O6S/c29-22-10-7-21(25(30)17-22)18-31-33-27(35)28(13-16-40(36,37)24-5-2-1-3-6-24)19-39-26(32-28)20-8-11-23(12-9-20)38-15-4-14-34/h1-3,5-12,17,31,34H,4,13-16,18-19H2,(H,33,35)/t28-/m0/s1. The molecule has 1 aliphatic heterocycles. The largest absolute Gasteiger partial charge is 0.494 e. The lowest BCUT2D eigenvalue weighted by molar-refractivity contribution is -0.127. The molecule has 3 aromatic carbocycles. The van der Waals surface area contributed by atoms with Gasteiger partial charge in [-0.25, -0.2) is 18.8 Å². The van der Waals surface area contributed by atoms with Gasteiger partial charge in [0, 0.05) is 35.2 Å². The number of carbonyl (C=O) groups excluding carboxylic acids is 1. The van der Waals surface area contributed by atoms with Crippen molar-refractivity contribution in [3.05, 3.63) is 94.0 Å². The van der Waals surface area contributed by atoms with Gasteiger partial charge in [0.25, 0.3) is 5.91 Å². The SMILES string of the molecule is O=C(NNCc1ccc(Cl)cc1Cl)[C@]1(CCS(=O)(=O)c2ccccc2)COC(c2ccc(OCCCO)cc2)=N1. The number of aliphatic hydroxyl groups is 1. The van der Waals surface area contributed by atoms with Crippen LogP contribution in [0.4, 0.5) is 0 Å². The lowest BCUT2D eigenvalue weighted by Gasteiger charge is -2.23. The maximum atomic E-state index is 13.5. The molecule has 0 aliphatic carbocycles. The lowest BCUT2D eigenvalue weighted by Crippen LogP contribution is -2.52. The Kier molecular flexibility index (Phi) is 10.0. The Morgan fingerprint density at radius 1 is 1.07 bits per heavy atom. The molecular weight excluding hydrogens is 577 g/mol. The van der Waals surface area contributed by atoms with Gasteiger partial charge in [-0.1, -0.05) is 47.5 Å².